The summed E-state index contributed by atoms with van der Waals surface area (Å²) in [4.78, 5) is 14.8. The third-order valence-electron chi connectivity index (χ3n) is 4.87. The number of amides is 1. The molecule has 7 heteroatoms. The predicted molar refractivity (Wildman–Crippen MR) is 114 cm³/mol. The van der Waals surface area contributed by atoms with Gasteiger partial charge < -0.3 is 4.90 Å². The number of thioether (sulfide) groups is 1. The van der Waals surface area contributed by atoms with Crippen LogP contribution in [0.5, 0.6) is 0 Å². The lowest BCUT2D eigenvalue weighted by atomic mass is 10.0. The number of carbonyl (C=O) groups is 1. The highest BCUT2D eigenvalue weighted by molar-refractivity contribution is 9.10. The molecule has 0 spiro atoms. The first-order chi connectivity index (χ1) is 13.1. The van der Waals surface area contributed by atoms with E-state index in [1.54, 1.807) is 0 Å². The van der Waals surface area contributed by atoms with Gasteiger partial charge in [-0.05, 0) is 37.8 Å². The summed E-state index contributed by atoms with van der Waals surface area (Å²) in [6.45, 7) is 7.49. The molecule has 0 saturated carbocycles. The first-order valence-corrected chi connectivity index (χ1v) is 11.1. The number of piperidine rings is 1. The summed E-state index contributed by atoms with van der Waals surface area (Å²) in [5.74, 6) is 1.39. The smallest absolute Gasteiger partial charge is 0.233 e. The van der Waals surface area contributed by atoms with Crippen molar-refractivity contribution in [2.45, 2.75) is 50.4 Å². The van der Waals surface area contributed by atoms with Crippen LogP contribution in [0.15, 0.2) is 46.5 Å². The second-order valence-electron chi connectivity index (χ2n) is 6.65. The molecule has 144 valence electrons. The highest BCUT2D eigenvalue weighted by Crippen LogP contribution is 2.27. The van der Waals surface area contributed by atoms with Gasteiger partial charge in [-0.2, -0.15) is 0 Å². The molecule has 1 aliphatic rings. The van der Waals surface area contributed by atoms with Gasteiger partial charge in [0, 0.05) is 29.2 Å². The van der Waals surface area contributed by atoms with Gasteiger partial charge in [-0.1, -0.05) is 52.8 Å². The lowest BCUT2D eigenvalue weighted by Crippen LogP contribution is -2.44. The van der Waals surface area contributed by atoms with Crippen LogP contribution in [0.3, 0.4) is 0 Å². The molecule has 2 heterocycles. The van der Waals surface area contributed by atoms with Crippen LogP contribution < -0.4 is 0 Å². The van der Waals surface area contributed by atoms with E-state index >= 15 is 0 Å². The fourth-order valence-corrected chi connectivity index (χ4v) is 4.56. The van der Waals surface area contributed by atoms with E-state index in [-0.39, 0.29) is 5.91 Å². The molecule has 5 nitrogen and oxygen atoms in total. The number of rotatable bonds is 7. The average Bonchev–Trinajstić information content (AvgIpc) is 3.09. The number of halogens is 1. The zero-order chi connectivity index (χ0) is 19.2. The first-order valence-electron chi connectivity index (χ1n) is 9.36. The van der Waals surface area contributed by atoms with Gasteiger partial charge in [-0.15, -0.1) is 16.8 Å². The average molecular weight is 449 g/mol. The molecule has 3 rings (SSSR count). The van der Waals surface area contributed by atoms with Crippen LogP contribution in [0.1, 0.15) is 32.6 Å². The number of benzene rings is 1. The molecule has 1 atom stereocenters. The lowest BCUT2D eigenvalue weighted by Gasteiger charge is -2.35. The minimum absolute atomic E-state index is 0.199. The van der Waals surface area contributed by atoms with Gasteiger partial charge in [0.1, 0.15) is 0 Å². The van der Waals surface area contributed by atoms with E-state index in [0.717, 1.165) is 46.8 Å². The quantitative estimate of drug-likeness (QED) is 0.451. The van der Waals surface area contributed by atoms with Crippen LogP contribution in [-0.2, 0) is 11.3 Å². The maximum absolute atomic E-state index is 12.7. The van der Waals surface area contributed by atoms with Crippen LogP contribution in [0.25, 0.3) is 11.4 Å². The normalized spacial score (nSPS) is 17.1. The Labute approximate surface area is 173 Å². The summed E-state index contributed by atoms with van der Waals surface area (Å²) >= 11 is 4.92. The Hall–Kier alpha value is -1.60. The molecule has 0 aliphatic carbocycles. The fourth-order valence-electron chi connectivity index (χ4n) is 3.46. The van der Waals surface area contributed by atoms with Crippen molar-refractivity contribution in [2.75, 3.05) is 12.3 Å². The van der Waals surface area contributed by atoms with Crippen molar-refractivity contribution in [2.24, 2.45) is 0 Å². The third kappa shape index (κ3) is 4.82. The molecule has 1 unspecified atom stereocenters. The highest BCUT2D eigenvalue weighted by atomic mass is 79.9. The van der Waals surface area contributed by atoms with Gasteiger partial charge in [-0.25, -0.2) is 0 Å². The zero-order valence-corrected chi connectivity index (χ0v) is 18.0. The predicted octanol–water partition coefficient (Wildman–Crippen LogP) is 4.78. The van der Waals surface area contributed by atoms with Gasteiger partial charge in [0.05, 0.1) is 5.75 Å². The monoisotopic (exact) mass is 448 g/mol. The van der Waals surface area contributed by atoms with Gasteiger partial charge in [0.25, 0.3) is 0 Å². The van der Waals surface area contributed by atoms with Crippen LogP contribution in [0.4, 0.5) is 0 Å². The van der Waals surface area contributed by atoms with Crippen molar-refractivity contribution < 1.29 is 4.79 Å². The molecule has 1 saturated heterocycles. The van der Waals surface area contributed by atoms with Crippen molar-refractivity contribution >= 4 is 33.6 Å². The number of nitrogens with zero attached hydrogens (tertiary/aromatic N) is 4. The minimum Gasteiger partial charge on any atom is -0.339 e. The lowest BCUT2D eigenvalue weighted by molar-refractivity contribution is -0.132. The zero-order valence-electron chi connectivity index (χ0n) is 15.6. The van der Waals surface area contributed by atoms with Crippen LogP contribution in [0.2, 0.25) is 0 Å². The molecule has 1 amide bonds. The van der Waals surface area contributed by atoms with Crippen LogP contribution >= 0.6 is 27.7 Å². The Kier molecular flexibility index (Phi) is 7.13. The molecular formula is C20H25BrN4OS. The molecular weight excluding hydrogens is 424 g/mol. The standard InChI is InChI=1S/C20H25BrN4OS/c1-3-12-25-19(15-8-10-16(21)11-9-15)22-23-20(25)27-14-18(26)24-13-6-5-7-17(24)4-2/h3,8-11,17H,1,4-7,12-14H2,2H3. The largest absolute Gasteiger partial charge is 0.339 e. The maximum atomic E-state index is 12.7. The number of aromatic nitrogens is 3. The number of carbonyl (C=O) groups excluding carboxylic acids is 1. The Bertz CT molecular complexity index is 790. The SMILES string of the molecule is C=CCn1c(SCC(=O)N2CCCCC2CC)nnc1-c1ccc(Br)cc1. The van der Waals surface area contributed by atoms with E-state index < -0.39 is 0 Å². The van der Waals surface area contributed by atoms with Gasteiger partial charge in [0.15, 0.2) is 11.0 Å². The summed E-state index contributed by atoms with van der Waals surface area (Å²) < 4.78 is 3.04. The molecule has 2 aromatic rings. The number of hydrogen-bond acceptors (Lipinski definition) is 4. The number of hydrogen-bond donors (Lipinski definition) is 0. The third-order valence-corrected chi connectivity index (χ3v) is 6.35. The Morgan fingerprint density at radius 2 is 2.11 bits per heavy atom. The van der Waals surface area contributed by atoms with Gasteiger partial charge >= 0.3 is 0 Å². The van der Waals surface area contributed by atoms with Crippen molar-refractivity contribution in [3.63, 3.8) is 0 Å². The summed E-state index contributed by atoms with van der Waals surface area (Å²) in [6, 6.07) is 8.37. The second-order valence-corrected chi connectivity index (χ2v) is 8.50. The topological polar surface area (TPSA) is 51.0 Å². The Morgan fingerprint density at radius 3 is 2.81 bits per heavy atom. The summed E-state index contributed by atoms with van der Waals surface area (Å²) in [7, 11) is 0. The van der Waals surface area contributed by atoms with Crippen molar-refractivity contribution in [3.05, 3.63) is 41.4 Å². The van der Waals surface area contributed by atoms with Crippen LogP contribution in [-0.4, -0.2) is 43.9 Å². The van der Waals surface area contributed by atoms with Crippen LogP contribution in [0, 0.1) is 0 Å². The molecule has 0 radical (unpaired) electrons. The summed E-state index contributed by atoms with van der Waals surface area (Å²) in [5.41, 5.74) is 0.993. The summed E-state index contributed by atoms with van der Waals surface area (Å²) in [6.07, 6.45) is 6.30. The van der Waals surface area contributed by atoms with Crippen molar-refractivity contribution in [3.8, 4) is 11.4 Å². The van der Waals surface area contributed by atoms with E-state index in [1.807, 2.05) is 34.9 Å². The molecule has 0 N–H and O–H groups in total. The second kappa shape index (κ2) is 9.55. The van der Waals surface area contributed by atoms with E-state index in [2.05, 4.69) is 44.5 Å². The molecule has 1 aromatic heterocycles. The van der Waals surface area contributed by atoms with E-state index in [4.69, 9.17) is 0 Å². The molecule has 0 bridgehead atoms. The molecule has 1 fully saturated rings. The Balaban J connectivity index is 1.73. The van der Waals surface area contributed by atoms with Crippen molar-refractivity contribution in [1.29, 1.82) is 0 Å². The van der Waals surface area contributed by atoms with E-state index in [1.165, 1.54) is 18.2 Å². The molecule has 27 heavy (non-hydrogen) atoms. The highest BCUT2D eigenvalue weighted by Gasteiger charge is 2.25. The van der Waals surface area contributed by atoms with Gasteiger partial charge in [-0.3, -0.25) is 9.36 Å². The molecule has 1 aliphatic heterocycles. The van der Waals surface area contributed by atoms with E-state index in [0.29, 0.717) is 18.3 Å². The summed E-state index contributed by atoms with van der Waals surface area (Å²) in [5, 5.41) is 9.45. The minimum atomic E-state index is 0.199. The first kappa shape index (κ1) is 20.1. The Morgan fingerprint density at radius 1 is 1.33 bits per heavy atom. The molecule has 1 aromatic carbocycles. The number of allylic oxidation sites excluding steroid dienone is 1. The fraction of sp³-hybridized carbons (Fsp3) is 0.450. The number of likely N-dealkylation sites (tertiary alicyclic amines) is 1. The van der Waals surface area contributed by atoms with Gasteiger partial charge in [0.2, 0.25) is 5.91 Å². The van der Waals surface area contributed by atoms with Crippen molar-refractivity contribution in [1.82, 2.24) is 19.7 Å². The van der Waals surface area contributed by atoms with E-state index in [9.17, 15) is 4.79 Å². The maximum Gasteiger partial charge on any atom is 0.233 e.